The van der Waals surface area contributed by atoms with Crippen LogP contribution >= 0.6 is 23.2 Å². The first kappa shape index (κ1) is 19.5. The summed E-state index contributed by atoms with van der Waals surface area (Å²) in [6.07, 6.45) is 4.68. The lowest BCUT2D eigenvalue weighted by Gasteiger charge is -2.27. The molecule has 0 unspecified atom stereocenters. The number of hydrogen-bond donors (Lipinski definition) is 2. The van der Waals surface area contributed by atoms with Crippen molar-refractivity contribution in [3.8, 4) is 5.75 Å². The molecule has 144 valence electrons. The van der Waals surface area contributed by atoms with Crippen LogP contribution in [-0.4, -0.2) is 48.0 Å². The van der Waals surface area contributed by atoms with Gasteiger partial charge in [-0.3, -0.25) is 4.79 Å². The molecule has 1 saturated heterocycles. The zero-order valence-electron chi connectivity index (χ0n) is 15.2. The Morgan fingerprint density at radius 2 is 1.93 bits per heavy atom. The summed E-state index contributed by atoms with van der Waals surface area (Å²) in [4.78, 5) is 23.1. The Labute approximate surface area is 168 Å². The lowest BCUT2D eigenvalue weighted by molar-refractivity contribution is 0.0721. The first-order valence-electron chi connectivity index (χ1n) is 8.67. The van der Waals surface area contributed by atoms with E-state index in [1.165, 1.54) is 13.3 Å². The maximum Gasteiger partial charge on any atom is 0.257 e. The van der Waals surface area contributed by atoms with Gasteiger partial charge in [0.1, 0.15) is 16.6 Å². The molecule has 1 amide bonds. The first-order valence-corrected chi connectivity index (χ1v) is 9.43. The molecule has 2 N–H and O–H groups in total. The zero-order valence-corrected chi connectivity index (χ0v) is 16.7. The maximum atomic E-state index is 12.8. The van der Waals surface area contributed by atoms with Gasteiger partial charge < -0.3 is 20.3 Å². The van der Waals surface area contributed by atoms with Crippen molar-refractivity contribution in [2.45, 2.75) is 19.3 Å². The topological polar surface area (TPSA) is 79.4 Å². The number of hydrogen-bond acceptors (Lipinski definition) is 6. The molecule has 0 bridgehead atoms. The van der Waals surface area contributed by atoms with E-state index < -0.39 is 0 Å². The third kappa shape index (κ3) is 4.36. The van der Waals surface area contributed by atoms with Crippen molar-refractivity contribution in [2.75, 3.05) is 37.9 Å². The van der Waals surface area contributed by atoms with Gasteiger partial charge >= 0.3 is 0 Å². The number of aromatic nitrogens is 2. The average molecular weight is 410 g/mol. The van der Waals surface area contributed by atoms with Crippen molar-refractivity contribution >= 4 is 46.6 Å². The van der Waals surface area contributed by atoms with E-state index in [4.69, 9.17) is 27.9 Å². The van der Waals surface area contributed by atoms with Crippen molar-refractivity contribution in [3.05, 3.63) is 33.9 Å². The predicted molar refractivity (Wildman–Crippen MR) is 108 cm³/mol. The van der Waals surface area contributed by atoms with Gasteiger partial charge in [0.15, 0.2) is 0 Å². The van der Waals surface area contributed by atoms with E-state index >= 15 is 0 Å². The van der Waals surface area contributed by atoms with Gasteiger partial charge in [0, 0.05) is 26.2 Å². The number of benzene rings is 1. The molecule has 1 aromatic heterocycles. The highest BCUT2D eigenvalue weighted by Crippen LogP contribution is 2.34. The van der Waals surface area contributed by atoms with Crippen molar-refractivity contribution in [1.29, 1.82) is 0 Å². The number of halogens is 2. The lowest BCUT2D eigenvalue weighted by atomic mass is 10.1. The molecule has 1 aliphatic rings. The summed E-state index contributed by atoms with van der Waals surface area (Å²) in [7, 11) is 3.24. The molecule has 0 spiro atoms. The van der Waals surface area contributed by atoms with Crippen LogP contribution in [-0.2, 0) is 0 Å². The maximum absolute atomic E-state index is 12.8. The van der Waals surface area contributed by atoms with Gasteiger partial charge in [0.05, 0.1) is 29.6 Å². The van der Waals surface area contributed by atoms with E-state index in [-0.39, 0.29) is 5.91 Å². The molecule has 1 aromatic carbocycles. The molecule has 27 heavy (non-hydrogen) atoms. The van der Waals surface area contributed by atoms with Gasteiger partial charge in [0.25, 0.3) is 5.91 Å². The number of piperidine rings is 1. The van der Waals surface area contributed by atoms with Gasteiger partial charge in [-0.2, -0.15) is 4.98 Å². The molecule has 0 atom stereocenters. The third-order valence-corrected chi connectivity index (χ3v) is 4.98. The monoisotopic (exact) mass is 409 g/mol. The van der Waals surface area contributed by atoms with Crippen LogP contribution in [0.5, 0.6) is 5.75 Å². The summed E-state index contributed by atoms with van der Waals surface area (Å²) in [5.74, 6) is 1.19. The molecular formula is C18H21Cl2N5O2. The number of carbonyl (C=O) groups is 1. The SMILES string of the molecule is CNc1nc(Nc2cc(OC)c(C(=O)N3CCCCC3)cc2Cl)ncc1Cl. The molecule has 0 radical (unpaired) electrons. The van der Waals surface area contributed by atoms with Crippen molar-refractivity contribution < 1.29 is 9.53 Å². The number of nitrogens with zero attached hydrogens (tertiary/aromatic N) is 3. The number of nitrogens with one attached hydrogen (secondary N) is 2. The molecular weight excluding hydrogens is 389 g/mol. The van der Waals surface area contributed by atoms with Gasteiger partial charge in [0.2, 0.25) is 5.95 Å². The molecule has 2 aromatic rings. The minimum absolute atomic E-state index is 0.0692. The molecule has 2 heterocycles. The fraction of sp³-hybridized carbons (Fsp3) is 0.389. The third-order valence-electron chi connectivity index (χ3n) is 4.39. The Morgan fingerprint density at radius 3 is 2.59 bits per heavy atom. The second kappa shape index (κ2) is 8.63. The molecule has 1 fully saturated rings. The molecule has 1 aliphatic heterocycles. The van der Waals surface area contributed by atoms with Gasteiger partial charge in [-0.05, 0) is 25.3 Å². The minimum Gasteiger partial charge on any atom is -0.496 e. The molecule has 7 nitrogen and oxygen atoms in total. The number of rotatable bonds is 5. The summed E-state index contributed by atoms with van der Waals surface area (Å²) in [6, 6.07) is 3.30. The van der Waals surface area contributed by atoms with Gasteiger partial charge in [-0.15, -0.1) is 0 Å². The second-order valence-corrected chi connectivity index (χ2v) is 6.96. The van der Waals surface area contributed by atoms with Crippen molar-refractivity contribution in [3.63, 3.8) is 0 Å². The van der Waals surface area contributed by atoms with Crippen LogP contribution in [0.1, 0.15) is 29.6 Å². The molecule has 3 rings (SSSR count). The highest BCUT2D eigenvalue weighted by molar-refractivity contribution is 6.34. The van der Waals surface area contributed by atoms with Gasteiger partial charge in [-0.25, -0.2) is 4.98 Å². The normalized spacial score (nSPS) is 14.0. The average Bonchev–Trinajstić information content (AvgIpc) is 2.70. The number of anilines is 3. The first-order chi connectivity index (χ1) is 13.0. The standard InChI is InChI=1S/C18H21Cl2N5O2/c1-21-16-13(20)10-22-18(24-16)23-14-9-15(27-2)11(8-12(14)19)17(26)25-6-4-3-5-7-25/h8-10H,3-7H2,1-2H3,(H2,21,22,23,24). The Bertz CT molecular complexity index is 841. The van der Waals surface area contributed by atoms with Crippen LogP contribution in [0.15, 0.2) is 18.3 Å². The van der Waals surface area contributed by atoms with E-state index in [0.29, 0.717) is 38.8 Å². The number of likely N-dealkylation sites (tertiary alicyclic amines) is 1. The van der Waals surface area contributed by atoms with Crippen LogP contribution in [0.4, 0.5) is 17.5 Å². The van der Waals surface area contributed by atoms with Gasteiger partial charge in [-0.1, -0.05) is 23.2 Å². The Balaban J connectivity index is 1.88. The van der Waals surface area contributed by atoms with Crippen molar-refractivity contribution in [1.82, 2.24) is 14.9 Å². The number of carbonyl (C=O) groups excluding carboxylic acids is 1. The quantitative estimate of drug-likeness (QED) is 0.769. The lowest BCUT2D eigenvalue weighted by Crippen LogP contribution is -2.35. The van der Waals surface area contributed by atoms with Crippen LogP contribution in [0.2, 0.25) is 10.0 Å². The van der Waals surface area contributed by atoms with E-state index in [1.54, 1.807) is 19.2 Å². The summed E-state index contributed by atoms with van der Waals surface area (Å²) in [6.45, 7) is 1.51. The van der Waals surface area contributed by atoms with Crippen LogP contribution in [0.25, 0.3) is 0 Å². The Hall–Kier alpha value is -2.25. The van der Waals surface area contributed by atoms with E-state index in [2.05, 4.69) is 20.6 Å². The molecule has 0 saturated carbocycles. The summed E-state index contributed by atoms with van der Waals surface area (Å²) in [5, 5.41) is 6.71. The highest BCUT2D eigenvalue weighted by Gasteiger charge is 2.23. The van der Waals surface area contributed by atoms with Crippen LogP contribution in [0, 0.1) is 0 Å². The second-order valence-electron chi connectivity index (χ2n) is 6.15. The summed E-state index contributed by atoms with van der Waals surface area (Å²) < 4.78 is 5.43. The van der Waals surface area contributed by atoms with Crippen LogP contribution < -0.4 is 15.4 Å². The van der Waals surface area contributed by atoms with Crippen LogP contribution in [0.3, 0.4) is 0 Å². The molecule has 0 aliphatic carbocycles. The summed E-state index contributed by atoms with van der Waals surface area (Å²) in [5.41, 5.74) is 0.982. The predicted octanol–water partition coefficient (Wildman–Crippen LogP) is 4.20. The Morgan fingerprint density at radius 1 is 1.19 bits per heavy atom. The fourth-order valence-electron chi connectivity index (χ4n) is 2.98. The highest BCUT2D eigenvalue weighted by atomic mass is 35.5. The largest absolute Gasteiger partial charge is 0.496 e. The number of methoxy groups -OCH3 is 1. The smallest absolute Gasteiger partial charge is 0.257 e. The van der Waals surface area contributed by atoms with E-state index in [9.17, 15) is 4.79 Å². The zero-order chi connectivity index (χ0) is 19.4. The fourth-order valence-corrected chi connectivity index (χ4v) is 3.37. The summed E-state index contributed by atoms with van der Waals surface area (Å²) >= 11 is 12.4. The number of amides is 1. The number of ether oxygens (including phenoxy) is 1. The van der Waals surface area contributed by atoms with Crippen molar-refractivity contribution in [2.24, 2.45) is 0 Å². The van der Waals surface area contributed by atoms with E-state index in [1.807, 2.05) is 4.90 Å². The van der Waals surface area contributed by atoms with E-state index in [0.717, 1.165) is 32.4 Å². The minimum atomic E-state index is -0.0692. The molecule has 9 heteroatoms. The Kier molecular flexibility index (Phi) is 6.23.